The average molecular weight is 443 g/mol. The second kappa shape index (κ2) is 8.64. The lowest BCUT2D eigenvalue weighted by Gasteiger charge is -2.24. The van der Waals surface area contributed by atoms with Crippen LogP contribution in [0.1, 0.15) is 25.2 Å². The molecule has 148 valence electrons. The van der Waals surface area contributed by atoms with E-state index in [1.807, 2.05) is 24.3 Å². The molecule has 9 heteroatoms. The number of rotatable bonds is 5. The molecule has 6 nitrogen and oxygen atoms in total. The van der Waals surface area contributed by atoms with Gasteiger partial charge < -0.3 is 4.42 Å². The molecule has 1 aromatic heterocycles. The van der Waals surface area contributed by atoms with Crippen LogP contribution in [-0.4, -0.2) is 32.2 Å². The minimum Gasteiger partial charge on any atom is -0.450 e. The number of amidine groups is 3. The van der Waals surface area contributed by atoms with Crippen LogP contribution in [-0.2, 0) is 10.5 Å². The number of furan rings is 1. The number of thioether (sulfide) groups is 2. The lowest BCUT2D eigenvalue weighted by molar-refractivity contribution is -0.114. The summed E-state index contributed by atoms with van der Waals surface area (Å²) >= 11 is 4.25. The van der Waals surface area contributed by atoms with Gasteiger partial charge in [-0.25, -0.2) is 4.90 Å². The Bertz CT molecular complexity index is 1040. The van der Waals surface area contributed by atoms with Crippen LogP contribution < -0.4 is 0 Å². The Morgan fingerprint density at radius 2 is 2.03 bits per heavy atom. The van der Waals surface area contributed by atoms with Crippen LogP contribution in [0.4, 0.5) is 0 Å². The number of carbonyl (C=O) groups is 1. The largest absolute Gasteiger partial charge is 0.450 e. The zero-order chi connectivity index (χ0) is 20.4. The molecule has 0 radical (unpaired) electrons. The summed E-state index contributed by atoms with van der Waals surface area (Å²) in [5, 5.41) is 10.7. The third-order valence-electron chi connectivity index (χ3n) is 3.95. The Morgan fingerprint density at radius 1 is 1.24 bits per heavy atom. The van der Waals surface area contributed by atoms with Crippen molar-refractivity contribution in [3.05, 3.63) is 59.4 Å². The predicted molar refractivity (Wildman–Crippen MR) is 122 cm³/mol. The summed E-state index contributed by atoms with van der Waals surface area (Å²) in [6.07, 6.45) is 1.58. The van der Waals surface area contributed by atoms with Crippen molar-refractivity contribution in [3.8, 4) is 0 Å². The maximum atomic E-state index is 12.5. The Balaban J connectivity index is 1.51. The molecule has 29 heavy (non-hydrogen) atoms. The van der Waals surface area contributed by atoms with E-state index in [9.17, 15) is 4.79 Å². The molecule has 1 N–H and O–H groups in total. The predicted octanol–water partition coefficient (Wildman–Crippen LogP) is 5.29. The van der Waals surface area contributed by atoms with Crippen molar-refractivity contribution in [1.29, 1.82) is 5.41 Å². The van der Waals surface area contributed by atoms with Crippen LogP contribution in [0, 0.1) is 5.41 Å². The van der Waals surface area contributed by atoms with Gasteiger partial charge in [-0.3, -0.25) is 10.2 Å². The fraction of sp³-hybridized carbons (Fsp3) is 0.200. The SMILES string of the molecule is CC(C)SC1=NSC2=NC(=O)/C(=C\c3ccc(SCc4ccccc4)o3)C(=N)N21. The van der Waals surface area contributed by atoms with E-state index < -0.39 is 5.91 Å². The van der Waals surface area contributed by atoms with Crippen LogP contribution in [0.25, 0.3) is 6.08 Å². The molecule has 2 aliphatic heterocycles. The van der Waals surface area contributed by atoms with Gasteiger partial charge in [0.05, 0.1) is 17.5 Å². The van der Waals surface area contributed by atoms with Gasteiger partial charge in [0.25, 0.3) is 5.91 Å². The van der Waals surface area contributed by atoms with Gasteiger partial charge in [0.1, 0.15) is 11.6 Å². The third kappa shape index (κ3) is 4.52. The lowest BCUT2D eigenvalue weighted by atomic mass is 10.1. The maximum absolute atomic E-state index is 12.5. The molecule has 0 unspecified atom stereocenters. The second-order valence-corrected chi connectivity index (χ2v) is 9.76. The van der Waals surface area contributed by atoms with E-state index in [4.69, 9.17) is 9.83 Å². The van der Waals surface area contributed by atoms with Gasteiger partial charge in [0.15, 0.2) is 10.3 Å². The first-order valence-corrected chi connectivity index (χ1v) is 11.6. The Morgan fingerprint density at radius 3 is 2.79 bits per heavy atom. The van der Waals surface area contributed by atoms with Crippen molar-refractivity contribution in [2.24, 2.45) is 9.39 Å². The maximum Gasteiger partial charge on any atom is 0.283 e. The Hall–Kier alpha value is -2.23. The molecule has 0 fully saturated rings. The highest BCUT2D eigenvalue weighted by atomic mass is 32.2. The molecular weight excluding hydrogens is 424 g/mol. The normalized spacial score (nSPS) is 17.8. The Kier molecular flexibility index (Phi) is 5.98. The average Bonchev–Trinajstić information content (AvgIpc) is 3.31. The summed E-state index contributed by atoms with van der Waals surface area (Å²) in [5.74, 6) is 0.944. The fourth-order valence-corrected chi connectivity index (χ4v) is 5.14. The molecule has 0 atom stereocenters. The molecule has 1 amide bonds. The molecule has 3 heterocycles. The number of benzene rings is 1. The number of aliphatic imine (C=N–C) groups is 1. The van der Waals surface area contributed by atoms with Gasteiger partial charge >= 0.3 is 0 Å². The highest BCUT2D eigenvalue weighted by molar-refractivity contribution is 8.19. The molecule has 2 aromatic rings. The quantitative estimate of drug-likeness (QED) is 0.385. The zero-order valence-electron chi connectivity index (χ0n) is 15.8. The van der Waals surface area contributed by atoms with E-state index in [2.05, 4.69) is 35.4 Å². The first kappa shape index (κ1) is 20.1. The van der Waals surface area contributed by atoms with Crippen LogP contribution >= 0.6 is 35.5 Å². The second-order valence-electron chi connectivity index (χ2n) is 6.50. The number of hydrogen-bond acceptors (Lipinski definition) is 7. The van der Waals surface area contributed by atoms with E-state index in [1.54, 1.807) is 28.8 Å². The zero-order valence-corrected chi connectivity index (χ0v) is 18.2. The minimum atomic E-state index is -0.449. The Labute approximate surface area is 181 Å². The van der Waals surface area contributed by atoms with Gasteiger partial charge in [-0.2, -0.15) is 9.39 Å². The first-order chi connectivity index (χ1) is 14.0. The molecule has 0 saturated carbocycles. The molecule has 4 rings (SSSR count). The van der Waals surface area contributed by atoms with E-state index in [-0.39, 0.29) is 11.4 Å². The summed E-state index contributed by atoms with van der Waals surface area (Å²) in [7, 11) is 0. The van der Waals surface area contributed by atoms with Crippen LogP contribution in [0.3, 0.4) is 0 Å². The topological polar surface area (TPSA) is 82.0 Å². The summed E-state index contributed by atoms with van der Waals surface area (Å²) in [6.45, 7) is 4.11. The van der Waals surface area contributed by atoms with E-state index >= 15 is 0 Å². The molecule has 0 bridgehead atoms. The van der Waals surface area contributed by atoms with Crippen LogP contribution in [0.2, 0.25) is 0 Å². The molecule has 0 saturated heterocycles. The van der Waals surface area contributed by atoms with Crippen LogP contribution in [0.15, 0.2) is 66.9 Å². The number of nitrogens with one attached hydrogen (secondary N) is 1. The van der Waals surface area contributed by atoms with Crippen molar-refractivity contribution in [2.45, 2.75) is 29.9 Å². The number of hydrogen-bond donors (Lipinski definition) is 1. The number of nitrogens with zero attached hydrogens (tertiary/aromatic N) is 3. The van der Waals surface area contributed by atoms with Crippen LogP contribution in [0.5, 0.6) is 0 Å². The van der Waals surface area contributed by atoms with E-state index in [0.717, 1.165) is 22.8 Å². The summed E-state index contributed by atoms with van der Waals surface area (Å²) in [5.41, 5.74) is 1.41. The van der Waals surface area contributed by atoms with Gasteiger partial charge in [0.2, 0.25) is 5.17 Å². The highest BCUT2D eigenvalue weighted by Crippen LogP contribution is 2.33. The van der Waals surface area contributed by atoms with Crippen molar-refractivity contribution >= 4 is 63.6 Å². The smallest absolute Gasteiger partial charge is 0.283 e. The number of amides is 1. The third-order valence-corrected chi connectivity index (χ3v) is 6.70. The van der Waals surface area contributed by atoms with Gasteiger partial charge in [0, 0.05) is 11.0 Å². The summed E-state index contributed by atoms with van der Waals surface area (Å²) < 4.78 is 10.2. The van der Waals surface area contributed by atoms with Crippen molar-refractivity contribution in [2.75, 3.05) is 0 Å². The van der Waals surface area contributed by atoms with Crippen molar-refractivity contribution in [1.82, 2.24) is 4.90 Å². The standard InChI is InChI=1S/C20H18N4O2S3/c1-12(2)28-20-23-29-19-22-18(25)15(17(21)24(19)20)10-14-8-9-16(26-14)27-11-13-6-4-3-5-7-13/h3-10,12,21H,11H2,1-2H3/b15-10-,21-17?. The van der Waals surface area contributed by atoms with Crippen molar-refractivity contribution < 1.29 is 9.21 Å². The first-order valence-electron chi connectivity index (χ1n) is 8.93. The minimum absolute atomic E-state index is 0.0757. The number of carbonyl (C=O) groups excluding carboxylic acids is 1. The summed E-state index contributed by atoms with van der Waals surface area (Å²) in [4.78, 5) is 18.2. The molecule has 0 aliphatic carbocycles. The molecule has 1 aromatic carbocycles. The monoisotopic (exact) mass is 442 g/mol. The van der Waals surface area contributed by atoms with Crippen molar-refractivity contribution in [3.63, 3.8) is 0 Å². The van der Waals surface area contributed by atoms with Gasteiger partial charge in [-0.1, -0.05) is 67.7 Å². The number of fused-ring (bicyclic) bond motifs is 1. The molecular formula is C20H18N4O2S3. The summed E-state index contributed by atoms with van der Waals surface area (Å²) in [6, 6.07) is 13.8. The molecule has 2 aliphatic rings. The van der Waals surface area contributed by atoms with E-state index in [1.165, 1.54) is 17.3 Å². The van der Waals surface area contributed by atoms with E-state index in [0.29, 0.717) is 21.3 Å². The highest BCUT2D eigenvalue weighted by Gasteiger charge is 2.37. The van der Waals surface area contributed by atoms with Gasteiger partial charge in [-0.15, -0.1) is 0 Å². The van der Waals surface area contributed by atoms with Gasteiger partial charge in [-0.05, 0) is 23.8 Å². The molecule has 0 spiro atoms. The fourth-order valence-electron chi connectivity index (χ4n) is 2.65. The lowest BCUT2D eigenvalue weighted by Crippen LogP contribution is -2.41.